The predicted octanol–water partition coefficient (Wildman–Crippen LogP) is 4.33. The first-order valence-electron chi connectivity index (χ1n) is 9.06. The molecule has 0 unspecified atom stereocenters. The van der Waals surface area contributed by atoms with Crippen molar-refractivity contribution in [3.63, 3.8) is 0 Å². The number of hydrazine groups is 1. The van der Waals surface area contributed by atoms with E-state index in [1.807, 2.05) is 12.1 Å². The van der Waals surface area contributed by atoms with Gasteiger partial charge in [-0.15, -0.1) is 11.3 Å². The van der Waals surface area contributed by atoms with Gasteiger partial charge < -0.3 is 9.99 Å². The molecule has 5 rings (SSSR count). The molecule has 0 spiro atoms. The van der Waals surface area contributed by atoms with Crippen LogP contribution in [0.25, 0.3) is 32.3 Å². The minimum Gasteiger partial charge on any atom is -0.347 e. The molecule has 134 valence electrons. The van der Waals surface area contributed by atoms with Crippen LogP contribution < -0.4 is 11.3 Å². The smallest absolute Gasteiger partial charge is 0.152 e. The highest BCUT2D eigenvalue weighted by atomic mass is 32.1. The number of thiophene rings is 1. The highest BCUT2D eigenvalue weighted by molar-refractivity contribution is 7.20. The minimum atomic E-state index is 0.604. The fraction of sp³-hybridized carbons (Fsp3) is 0.136. The van der Waals surface area contributed by atoms with Crippen molar-refractivity contribution in [3.8, 4) is 0 Å². The summed E-state index contributed by atoms with van der Waals surface area (Å²) >= 11 is 1.64. The van der Waals surface area contributed by atoms with Gasteiger partial charge in [0.05, 0.1) is 16.1 Å². The number of nitrogens with zero attached hydrogens (tertiary/aromatic N) is 1. The lowest BCUT2D eigenvalue weighted by Gasteiger charge is -2.14. The summed E-state index contributed by atoms with van der Waals surface area (Å²) in [7, 11) is 0. The number of carbonyl (C=O) groups excluding carboxylic acids is 1. The minimum absolute atomic E-state index is 0.604. The van der Waals surface area contributed by atoms with Gasteiger partial charge >= 0.3 is 0 Å². The van der Waals surface area contributed by atoms with Crippen LogP contribution in [0, 0.1) is 0 Å². The molecule has 0 saturated heterocycles. The second-order valence-electron chi connectivity index (χ2n) is 6.85. The van der Waals surface area contributed by atoms with Crippen LogP contribution in [-0.2, 0) is 17.8 Å². The molecule has 1 aliphatic heterocycles. The lowest BCUT2D eigenvalue weighted by molar-refractivity contribution is -0.103. The molecule has 0 saturated carbocycles. The summed E-state index contributed by atoms with van der Waals surface area (Å²) in [5.74, 6) is 5.90. The topological polar surface area (TPSA) is 60.0 Å². The number of aromatic nitrogens is 1. The summed E-state index contributed by atoms with van der Waals surface area (Å²) in [5.41, 5.74) is 7.61. The number of nitrogens with one attached hydrogen (secondary N) is 1. The molecule has 27 heavy (non-hydrogen) atoms. The van der Waals surface area contributed by atoms with E-state index in [0.29, 0.717) is 11.3 Å². The van der Waals surface area contributed by atoms with Gasteiger partial charge in [0.2, 0.25) is 0 Å². The molecule has 5 heteroatoms. The third-order valence-corrected chi connectivity index (χ3v) is 6.45. The maximum absolute atomic E-state index is 12.2. The van der Waals surface area contributed by atoms with Gasteiger partial charge in [0.15, 0.2) is 6.29 Å². The van der Waals surface area contributed by atoms with Crippen molar-refractivity contribution in [2.45, 2.75) is 19.4 Å². The Labute approximate surface area is 160 Å². The van der Waals surface area contributed by atoms with E-state index in [1.54, 1.807) is 11.3 Å². The average Bonchev–Trinajstić information content (AvgIpc) is 3.29. The van der Waals surface area contributed by atoms with Crippen LogP contribution in [0.5, 0.6) is 0 Å². The molecular weight excluding hydrogens is 354 g/mol. The number of para-hydroxylation sites is 1. The van der Waals surface area contributed by atoms with Crippen LogP contribution in [-0.4, -0.2) is 10.9 Å². The van der Waals surface area contributed by atoms with Crippen LogP contribution in [0.15, 0.2) is 54.7 Å². The van der Waals surface area contributed by atoms with E-state index >= 15 is 0 Å². The zero-order chi connectivity index (χ0) is 18.4. The number of hydrogen-bond donors (Lipinski definition) is 2. The van der Waals surface area contributed by atoms with Gasteiger partial charge in [0.1, 0.15) is 0 Å². The second-order valence-corrected chi connectivity index (χ2v) is 7.94. The number of hydrogen-bond acceptors (Lipinski definition) is 4. The summed E-state index contributed by atoms with van der Waals surface area (Å²) in [5, 5.41) is 2.27. The molecule has 0 atom stereocenters. The highest BCUT2D eigenvalue weighted by Crippen LogP contribution is 2.37. The zero-order valence-electron chi connectivity index (χ0n) is 14.7. The summed E-state index contributed by atoms with van der Waals surface area (Å²) in [4.78, 5) is 13.1. The van der Waals surface area contributed by atoms with E-state index in [1.165, 1.54) is 15.8 Å². The van der Waals surface area contributed by atoms with E-state index in [-0.39, 0.29) is 0 Å². The van der Waals surface area contributed by atoms with Gasteiger partial charge in [-0.2, -0.15) is 0 Å². The normalized spacial score (nSPS) is 14.4. The van der Waals surface area contributed by atoms with Crippen molar-refractivity contribution in [2.24, 2.45) is 5.84 Å². The summed E-state index contributed by atoms with van der Waals surface area (Å²) in [6.45, 7) is 0.980. The number of carbonyl (C=O) groups is 1. The number of nitrogens with two attached hydrogens (primary N) is 1. The van der Waals surface area contributed by atoms with E-state index < -0.39 is 0 Å². The molecular formula is C22H19N3OS. The Morgan fingerprint density at radius 2 is 2.07 bits per heavy atom. The van der Waals surface area contributed by atoms with Gasteiger partial charge in [-0.1, -0.05) is 36.4 Å². The molecule has 1 aliphatic rings. The SMILES string of the molecule is NN/C(=C(\C=O)c1cn2c3c(cccc13)CCC2)c1cc2ccccc2s1. The quantitative estimate of drug-likeness (QED) is 0.242. The maximum Gasteiger partial charge on any atom is 0.152 e. The van der Waals surface area contributed by atoms with Gasteiger partial charge in [-0.25, -0.2) is 0 Å². The van der Waals surface area contributed by atoms with Gasteiger partial charge in [0.25, 0.3) is 0 Å². The molecule has 2 aromatic carbocycles. The molecule has 4 aromatic rings. The molecule has 0 amide bonds. The molecule has 2 aromatic heterocycles. The highest BCUT2D eigenvalue weighted by Gasteiger charge is 2.21. The predicted molar refractivity (Wildman–Crippen MR) is 112 cm³/mol. The van der Waals surface area contributed by atoms with Crippen molar-refractivity contribution < 1.29 is 4.79 Å². The largest absolute Gasteiger partial charge is 0.347 e. The van der Waals surface area contributed by atoms with E-state index in [4.69, 9.17) is 5.84 Å². The van der Waals surface area contributed by atoms with Crippen LogP contribution in [0.3, 0.4) is 0 Å². The summed E-state index contributed by atoms with van der Waals surface area (Å²) in [6.07, 6.45) is 5.23. The number of fused-ring (bicyclic) bond motifs is 1. The first-order valence-corrected chi connectivity index (χ1v) is 9.88. The Morgan fingerprint density at radius 1 is 1.19 bits per heavy atom. The van der Waals surface area contributed by atoms with Crippen molar-refractivity contribution in [1.29, 1.82) is 0 Å². The van der Waals surface area contributed by atoms with Crippen LogP contribution in [0.4, 0.5) is 0 Å². The third kappa shape index (κ3) is 2.51. The van der Waals surface area contributed by atoms with Crippen molar-refractivity contribution in [1.82, 2.24) is 9.99 Å². The Bertz CT molecular complexity index is 1180. The van der Waals surface area contributed by atoms with Crippen LogP contribution >= 0.6 is 11.3 Å². The molecule has 0 aliphatic carbocycles. The Morgan fingerprint density at radius 3 is 2.89 bits per heavy atom. The monoisotopic (exact) mass is 373 g/mol. The number of aldehydes is 1. The third-order valence-electron chi connectivity index (χ3n) is 5.32. The fourth-order valence-electron chi connectivity index (χ4n) is 4.11. The molecule has 0 bridgehead atoms. The van der Waals surface area contributed by atoms with E-state index in [0.717, 1.165) is 46.9 Å². The zero-order valence-corrected chi connectivity index (χ0v) is 15.6. The average molecular weight is 373 g/mol. The Hall–Kier alpha value is -2.89. The molecule has 4 nitrogen and oxygen atoms in total. The lowest BCUT2D eigenvalue weighted by atomic mass is 9.99. The standard InChI is InChI=1S/C22H19N3OS/c23-24-21(20-11-15-5-1-2-9-19(15)27-20)18(13-26)17-12-25-10-4-7-14-6-3-8-16(17)22(14)25/h1-3,5-6,8-9,11-13,24H,4,7,10,23H2/b21-18+. The van der Waals surface area contributed by atoms with Crippen molar-refractivity contribution in [2.75, 3.05) is 0 Å². The number of benzene rings is 2. The Kier molecular flexibility index (Phi) is 3.85. The number of rotatable bonds is 4. The van der Waals surface area contributed by atoms with Gasteiger partial charge in [-0.3, -0.25) is 10.6 Å². The second kappa shape index (κ2) is 6.37. The van der Waals surface area contributed by atoms with Gasteiger partial charge in [0, 0.05) is 34.0 Å². The molecule has 0 fully saturated rings. The van der Waals surface area contributed by atoms with E-state index in [9.17, 15) is 4.79 Å². The first-order chi connectivity index (χ1) is 13.3. The first kappa shape index (κ1) is 16.3. The van der Waals surface area contributed by atoms with Gasteiger partial charge in [-0.05, 0) is 35.9 Å². The van der Waals surface area contributed by atoms with Crippen molar-refractivity contribution in [3.05, 3.63) is 70.7 Å². The Balaban J connectivity index is 1.77. The van der Waals surface area contributed by atoms with Crippen molar-refractivity contribution >= 4 is 49.9 Å². The van der Waals surface area contributed by atoms with Crippen LogP contribution in [0.1, 0.15) is 22.4 Å². The van der Waals surface area contributed by atoms with Crippen LogP contribution in [0.2, 0.25) is 0 Å². The number of allylic oxidation sites excluding steroid dienone is 1. The fourth-order valence-corrected chi connectivity index (χ4v) is 5.20. The van der Waals surface area contributed by atoms with E-state index in [2.05, 4.69) is 52.6 Å². The maximum atomic E-state index is 12.2. The molecule has 3 heterocycles. The number of aryl methyl sites for hydroxylation is 2. The molecule has 0 radical (unpaired) electrons. The lowest BCUT2D eigenvalue weighted by Crippen LogP contribution is -2.21. The summed E-state index contributed by atoms with van der Waals surface area (Å²) in [6, 6.07) is 16.6. The molecule has 3 N–H and O–H groups in total. The summed E-state index contributed by atoms with van der Waals surface area (Å²) < 4.78 is 3.44.